The Morgan fingerprint density at radius 1 is 1.38 bits per heavy atom. The maximum Gasteiger partial charge on any atom is 0.315 e. The first kappa shape index (κ1) is 16.6. The number of pyridine rings is 1. The van der Waals surface area contributed by atoms with E-state index in [9.17, 15) is 4.79 Å². The highest BCUT2D eigenvalue weighted by Crippen LogP contribution is 2.28. The smallest absolute Gasteiger partial charge is 0.315 e. The molecule has 0 spiro atoms. The van der Waals surface area contributed by atoms with Crippen molar-refractivity contribution in [1.29, 1.82) is 5.26 Å². The number of esters is 1. The third-order valence-corrected chi connectivity index (χ3v) is 4.95. The van der Waals surface area contributed by atoms with Gasteiger partial charge < -0.3 is 10.1 Å². The molecule has 6 nitrogen and oxygen atoms in total. The Balaban J connectivity index is 1.31. The second-order valence-electron chi connectivity index (χ2n) is 6.88. The molecule has 0 bridgehead atoms. The summed E-state index contributed by atoms with van der Waals surface area (Å²) in [7, 11) is 0. The van der Waals surface area contributed by atoms with Crippen LogP contribution in [0.25, 0.3) is 0 Å². The largest absolute Gasteiger partial charge is 0.426 e. The Kier molecular flexibility index (Phi) is 4.55. The highest BCUT2D eigenvalue weighted by Gasteiger charge is 2.24. The van der Waals surface area contributed by atoms with E-state index >= 15 is 0 Å². The van der Waals surface area contributed by atoms with Gasteiger partial charge in [0.1, 0.15) is 17.6 Å². The number of nitriles is 1. The zero-order valence-electron chi connectivity index (χ0n) is 14.4. The van der Waals surface area contributed by atoms with Crippen molar-refractivity contribution in [3.63, 3.8) is 0 Å². The van der Waals surface area contributed by atoms with Gasteiger partial charge in [0.25, 0.3) is 0 Å². The van der Waals surface area contributed by atoms with Crippen LogP contribution in [0.2, 0.25) is 0 Å². The Labute approximate surface area is 152 Å². The molecule has 132 valence electrons. The van der Waals surface area contributed by atoms with Crippen molar-refractivity contribution in [1.82, 2.24) is 9.88 Å². The monoisotopic (exact) mass is 348 g/mol. The fourth-order valence-electron chi connectivity index (χ4n) is 3.61. The number of anilines is 1. The number of rotatable bonds is 5. The molecule has 1 atom stereocenters. The van der Waals surface area contributed by atoms with E-state index in [1.54, 1.807) is 18.3 Å². The number of fused-ring (bicyclic) bond motifs is 1. The zero-order chi connectivity index (χ0) is 17.9. The Morgan fingerprint density at radius 3 is 3.19 bits per heavy atom. The SMILES string of the molecule is N#Cc1cccnc1NC[C@H]1CCN(Cc2ccc3c(c2)OC(=O)C3)C1. The Morgan fingerprint density at radius 2 is 2.31 bits per heavy atom. The number of carbonyl (C=O) groups is 1. The summed E-state index contributed by atoms with van der Waals surface area (Å²) in [5, 5.41) is 12.4. The normalized spacial score (nSPS) is 19.0. The number of ether oxygens (including phenoxy) is 1. The third kappa shape index (κ3) is 3.53. The molecule has 0 unspecified atom stereocenters. The number of benzene rings is 1. The van der Waals surface area contributed by atoms with Gasteiger partial charge in [0, 0.05) is 31.4 Å². The van der Waals surface area contributed by atoms with Crippen LogP contribution in [0.15, 0.2) is 36.5 Å². The van der Waals surface area contributed by atoms with Crippen LogP contribution < -0.4 is 10.1 Å². The molecule has 2 aliphatic heterocycles. The summed E-state index contributed by atoms with van der Waals surface area (Å²) in [6, 6.07) is 11.8. The van der Waals surface area contributed by atoms with Gasteiger partial charge in [-0.15, -0.1) is 0 Å². The van der Waals surface area contributed by atoms with E-state index in [1.165, 1.54) is 5.56 Å². The first-order valence-corrected chi connectivity index (χ1v) is 8.85. The molecule has 0 saturated carbocycles. The minimum Gasteiger partial charge on any atom is -0.426 e. The standard InChI is InChI=1S/C20H20N4O2/c21-10-17-2-1-6-22-20(17)23-11-15-5-7-24(13-15)12-14-3-4-16-9-19(25)26-18(16)8-14/h1-4,6,8,15H,5,7,9,11-13H2,(H,22,23)/t15-/m1/s1. The van der Waals surface area contributed by atoms with E-state index in [2.05, 4.69) is 27.3 Å². The molecule has 1 N–H and O–H groups in total. The van der Waals surface area contributed by atoms with Crippen molar-refractivity contribution >= 4 is 11.8 Å². The molecular formula is C20H20N4O2. The molecule has 1 aromatic carbocycles. The van der Waals surface area contributed by atoms with Crippen molar-refractivity contribution in [3.05, 3.63) is 53.2 Å². The van der Waals surface area contributed by atoms with Crippen molar-refractivity contribution in [3.8, 4) is 11.8 Å². The molecule has 1 aromatic heterocycles. The van der Waals surface area contributed by atoms with E-state index in [0.29, 0.717) is 29.5 Å². The number of nitrogens with zero attached hydrogens (tertiary/aromatic N) is 3. The van der Waals surface area contributed by atoms with Crippen LogP contribution >= 0.6 is 0 Å². The van der Waals surface area contributed by atoms with Gasteiger partial charge in [-0.3, -0.25) is 9.69 Å². The predicted molar refractivity (Wildman–Crippen MR) is 96.6 cm³/mol. The topological polar surface area (TPSA) is 78.2 Å². The molecule has 0 aliphatic carbocycles. The molecule has 0 radical (unpaired) electrons. The van der Waals surface area contributed by atoms with Crippen LogP contribution in [0.4, 0.5) is 5.82 Å². The van der Waals surface area contributed by atoms with Gasteiger partial charge in [0.15, 0.2) is 0 Å². The number of aromatic nitrogens is 1. The molecule has 2 aromatic rings. The molecule has 2 aliphatic rings. The highest BCUT2D eigenvalue weighted by molar-refractivity contribution is 5.81. The summed E-state index contributed by atoms with van der Waals surface area (Å²) in [5.41, 5.74) is 2.73. The number of hydrogen-bond acceptors (Lipinski definition) is 6. The number of likely N-dealkylation sites (tertiary alicyclic amines) is 1. The number of nitrogens with one attached hydrogen (secondary N) is 1. The van der Waals surface area contributed by atoms with Crippen molar-refractivity contribution in [2.24, 2.45) is 5.92 Å². The lowest BCUT2D eigenvalue weighted by molar-refractivity contribution is -0.131. The highest BCUT2D eigenvalue weighted by atomic mass is 16.5. The molecular weight excluding hydrogens is 328 g/mol. The first-order valence-electron chi connectivity index (χ1n) is 8.85. The van der Waals surface area contributed by atoms with E-state index in [4.69, 9.17) is 10.00 Å². The van der Waals surface area contributed by atoms with Gasteiger partial charge in [-0.2, -0.15) is 5.26 Å². The zero-order valence-corrected chi connectivity index (χ0v) is 14.4. The van der Waals surface area contributed by atoms with E-state index < -0.39 is 0 Å². The summed E-state index contributed by atoms with van der Waals surface area (Å²) in [6.45, 7) is 3.70. The van der Waals surface area contributed by atoms with Crippen molar-refractivity contribution in [2.45, 2.75) is 19.4 Å². The van der Waals surface area contributed by atoms with Crippen LogP contribution in [0.5, 0.6) is 5.75 Å². The van der Waals surface area contributed by atoms with Crippen LogP contribution in [0.1, 0.15) is 23.1 Å². The lowest BCUT2D eigenvalue weighted by Gasteiger charge is -2.17. The minimum absolute atomic E-state index is 0.171. The third-order valence-electron chi connectivity index (χ3n) is 4.95. The average molecular weight is 348 g/mol. The first-order chi connectivity index (χ1) is 12.7. The Bertz CT molecular complexity index is 874. The van der Waals surface area contributed by atoms with Crippen molar-refractivity contribution < 1.29 is 9.53 Å². The van der Waals surface area contributed by atoms with Crippen LogP contribution in [0, 0.1) is 17.2 Å². The number of carbonyl (C=O) groups excluding carboxylic acids is 1. The molecule has 6 heteroatoms. The molecule has 3 heterocycles. The summed E-state index contributed by atoms with van der Waals surface area (Å²) < 4.78 is 5.24. The van der Waals surface area contributed by atoms with Gasteiger partial charge in [-0.25, -0.2) is 4.98 Å². The van der Waals surface area contributed by atoms with Crippen molar-refractivity contribution in [2.75, 3.05) is 25.0 Å². The summed E-state index contributed by atoms with van der Waals surface area (Å²) >= 11 is 0. The lowest BCUT2D eigenvalue weighted by Crippen LogP contribution is -2.23. The second-order valence-corrected chi connectivity index (χ2v) is 6.88. The summed E-state index contributed by atoms with van der Waals surface area (Å²) in [4.78, 5) is 18.0. The summed E-state index contributed by atoms with van der Waals surface area (Å²) in [5.74, 6) is 1.73. The average Bonchev–Trinajstić information content (AvgIpc) is 3.25. The molecule has 0 amide bonds. The second kappa shape index (κ2) is 7.14. The quantitative estimate of drug-likeness (QED) is 0.660. The maximum atomic E-state index is 11.4. The van der Waals surface area contributed by atoms with Gasteiger partial charge in [0.05, 0.1) is 12.0 Å². The lowest BCUT2D eigenvalue weighted by atomic mass is 10.1. The fourth-order valence-corrected chi connectivity index (χ4v) is 3.61. The van der Waals surface area contributed by atoms with E-state index in [0.717, 1.165) is 38.2 Å². The molecule has 26 heavy (non-hydrogen) atoms. The fraction of sp³-hybridized carbons (Fsp3) is 0.350. The molecule has 1 saturated heterocycles. The van der Waals surface area contributed by atoms with Gasteiger partial charge >= 0.3 is 5.97 Å². The molecule has 1 fully saturated rings. The summed E-state index contributed by atoms with van der Waals surface area (Å²) in [6.07, 6.45) is 3.19. The molecule has 4 rings (SSSR count). The Hall–Kier alpha value is -2.91. The minimum atomic E-state index is -0.171. The van der Waals surface area contributed by atoms with Gasteiger partial charge in [-0.05, 0) is 42.6 Å². The van der Waals surface area contributed by atoms with Gasteiger partial charge in [-0.1, -0.05) is 12.1 Å². The van der Waals surface area contributed by atoms with Crippen LogP contribution in [0.3, 0.4) is 0 Å². The van der Waals surface area contributed by atoms with E-state index in [1.807, 2.05) is 12.1 Å². The predicted octanol–water partition coefficient (Wildman–Crippen LogP) is 2.35. The van der Waals surface area contributed by atoms with Crippen LogP contribution in [-0.4, -0.2) is 35.5 Å². The van der Waals surface area contributed by atoms with Gasteiger partial charge in [0.2, 0.25) is 0 Å². The number of hydrogen-bond donors (Lipinski definition) is 1. The maximum absolute atomic E-state index is 11.4. The van der Waals surface area contributed by atoms with E-state index in [-0.39, 0.29) is 5.97 Å². The van der Waals surface area contributed by atoms with Crippen LogP contribution in [-0.2, 0) is 17.8 Å².